The van der Waals surface area contributed by atoms with Gasteiger partial charge in [-0.3, -0.25) is 0 Å². The number of hydrogen-bond donors (Lipinski definition) is 1. The molecule has 1 heteroatoms. The summed E-state index contributed by atoms with van der Waals surface area (Å²) in [7, 11) is 0. The van der Waals surface area contributed by atoms with Crippen molar-refractivity contribution in [3.8, 4) is 0 Å². The Labute approximate surface area is 83.3 Å². The molecule has 1 saturated heterocycles. The summed E-state index contributed by atoms with van der Waals surface area (Å²) in [4.78, 5) is 0. The maximum Gasteiger partial charge on any atom is 0.00227 e. The Morgan fingerprint density at radius 3 is 2.00 bits per heavy atom. The number of nitrogens with one attached hydrogen (secondary N) is 1. The summed E-state index contributed by atoms with van der Waals surface area (Å²) in [5.74, 6) is 0.830. The third-order valence-electron chi connectivity index (χ3n) is 3.55. The van der Waals surface area contributed by atoms with Crippen LogP contribution in [-0.4, -0.2) is 13.1 Å². The molecule has 1 fully saturated rings. The zero-order valence-corrected chi connectivity index (χ0v) is 9.91. The maximum atomic E-state index is 3.42. The minimum atomic E-state index is 0.497. The fourth-order valence-corrected chi connectivity index (χ4v) is 1.94. The van der Waals surface area contributed by atoms with Gasteiger partial charge in [-0.15, -0.1) is 0 Å². The molecule has 1 rings (SSSR count). The molecule has 0 aromatic heterocycles. The fraction of sp³-hybridized carbons (Fsp3) is 1.00. The molecule has 1 aliphatic rings. The molecule has 1 nitrogen and oxygen atoms in total. The molecule has 0 radical (unpaired) electrons. The summed E-state index contributed by atoms with van der Waals surface area (Å²) in [6.45, 7) is 14.2. The summed E-state index contributed by atoms with van der Waals surface area (Å²) in [5.41, 5.74) is 1.12. The van der Waals surface area contributed by atoms with Crippen LogP contribution in [0.25, 0.3) is 0 Å². The first-order chi connectivity index (χ1) is 5.86. The molecule has 13 heavy (non-hydrogen) atoms. The van der Waals surface area contributed by atoms with Crippen LogP contribution in [-0.2, 0) is 0 Å². The Bertz CT molecular complexity index is 160. The van der Waals surface area contributed by atoms with E-state index in [-0.39, 0.29) is 0 Å². The van der Waals surface area contributed by atoms with Gasteiger partial charge >= 0.3 is 0 Å². The molecule has 0 saturated carbocycles. The second-order valence-electron chi connectivity index (χ2n) is 6.18. The van der Waals surface area contributed by atoms with E-state index >= 15 is 0 Å². The molecule has 0 amide bonds. The second kappa shape index (κ2) is 3.61. The summed E-state index contributed by atoms with van der Waals surface area (Å²) in [5, 5.41) is 3.42. The Kier molecular flexibility index (Phi) is 3.06. The monoisotopic (exact) mass is 183 g/mol. The first-order valence-corrected chi connectivity index (χ1v) is 5.56. The van der Waals surface area contributed by atoms with Gasteiger partial charge in [0.05, 0.1) is 0 Å². The predicted molar refractivity (Wildman–Crippen MR) is 58.8 cm³/mol. The quantitative estimate of drug-likeness (QED) is 0.709. The third kappa shape index (κ3) is 2.70. The van der Waals surface area contributed by atoms with E-state index in [4.69, 9.17) is 0 Å². The minimum Gasteiger partial charge on any atom is -0.316 e. The molecular weight excluding hydrogens is 158 g/mol. The molecule has 0 atom stereocenters. The van der Waals surface area contributed by atoms with Gasteiger partial charge in [0, 0.05) is 13.1 Å². The van der Waals surface area contributed by atoms with Crippen molar-refractivity contribution >= 4 is 0 Å². The van der Waals surface area contributed by atoms with Crippen LogP contribution in [0, 0.1) is 16.7 Å². The number of hydrogen-bond acceptors (Lipinski definition) is 1. The van der Waals surface area contributed by atoms with E-state index < -0.39 is 0 Å². The summed E-state index contributed by atoms with van der Waals surface area (Å²) in [6, 6.07) is 0. The highest BCUT2D eigenvalue weighted by Crippen LogP contribution is 2.39. The smallest absolute Gasteiger partial charge is 0.00227 e. The SMILES string of the molecule is CC(C)C1(CCC(C)(C)C)CNC1. The van der Waals surface area contributed by atoms with Crippen molar-refractivity contribution in [2.24, 2.45) is 16.7 Å². The highest BCUT2D eigenvalue weighted by Gasteiger charge is 2.39. The molecule has 0 aromatic rings. The summed E-state index contributed by atoms with van der Waals surface area (Å²) in [6.07, 6.45) is 2.74. The van der Waals surface area contributed by atoms with Gasteiger partial charge in [0.2, 0.25) is 0 Å². The molecule has 0 unspecified atom stereocenters. The number of rotatable bonds is 3. The van der Waals surface area contributed by atoms with Gasteiger partial charge in [-0.2, -0.15) is 0 Å². The molecule has 0 aromatic carbocycles. The van der Waals surface area contributed by atoms with Crippen LogP contribution in [0.15, 0.2) is 0 Å². The molecule has 1 aliphatic heterocycles. The Morgan fingerprint density at radius 2 is 1.77 bits per heavy atom. The van der Waals surface area contributed by atoms with Crippen LogP contribution < -0.4 is 5.32 Å². The Hall–Kier alpha value is -0.0400. The molecule has 1 heterocycles. The summed E-state index contributed by atoms with van der Waals surface area (Å²) >= 11 is 0. The van der Waals surface area contributed by atoms with Crippen molar-refractivity contribution in [3.05, 3.63) is 0 Å². The first-order valence-electron chi connectivity index (χ1n) is 5.56. The van der Waals surface area contributed by atoms with Gasteiger partial charge in [-0.25, -0.2) is 0 Å². The highest BCUT2D eigenvalue weighted by atomic mass is 15.0. The van der Waals surface area contributed by atoms with Crippen molar-refractivity contribution in [2.75, 3.05) is 13.1 Å². The van der Waals surface area contributed by atoms with E-state index in [1.54, 1.807) is 0 Å². The third-order valence-corrected chi connectivity index (χ3v) is 3.55. The molecule has 1 N–H and O–H groups in total. The van der Waals surface area contributed by atoms with Gasteiger partial charge in [-0.05, 0) is 29.6 Å². The van der Waals surface area contributed by atoms with Crippen molar-refractivity contribution in [2.45, 2.75) is 47.5 Å². The largest absolute Gasteiger partial charge is 0.316 e. The van der Waals surface area contributed by atoms with Crippen LogP contribution in [0.4, 0.5) is 0 Å². The lowest BCUT2D eigenvalue weighted by atomic mass is 9.67. The van der Waals surface area contributed by atoms with Crippen molar-refractivity contribution < 1.29 is 0 Å². The first kappa shape index (κ1) is 11.0. The van der Waals surface area contributed by atoms with Crippen LogP contribution in [0.3, 0.4) is 0 Å². The zero-order valence-electron chi connectivity index (χ0n) is 9.91. The average Bonchev–Trinajstić information content (AvgIpc) is 1.80. The van der Waals surface area contributed by atoms with Gasteiger partial charge in [0.1, 0.15) is 0 Å². The Morgan fingerprint density at radius 1 is 1.23 bits per heavy atom. The standard InChI is InChI=1S/C12H25N/c1-10(2)12(8-13-9-12)7-6-11(3,4)5/h10,13H,6-9H2,1-5H3. The fourth-order valence-electron chi connectivity index (χ4n) is 1.94. The highest BCUT2D eigenvalue weighted by molar-refractivity contribution is 4.95. The van der Waals surface area contributed by atoms with Crippen LogP contribution in [0.1, 0.15) is 47.5 Å². The van der Waals surface area contributed by atoms with Gasteiger partial charge in [0.15, 0.2) is 0 Å². The molecule has 0 aliphatic carbocycles. The van der Waals surface area contributed by atoms with Crippen LogP contribution >= 0.6 is 0 Å². The summed E-state index contributed by atoms with van der Waals surface area (Å²) < 4.78 is 0. The molecule has 0 spiro atoms. The van der Waals surface area contributed by atoms with Crippen molar-refractivity contribution in [3.63, 3.8) is 0 Å². The molecular formula is C12H25N. The van der Waals surface area contributed by atoms with E-state index in [2.05, 4.69) is 39.9 Å². The second-order valence-corrected chi connectivity index (χ2v) is 6.18. The van der Waals surface area contributed by atoms with Gasteiger partial charge in [0.25, 0.3) is 0 Å². The predicted octanol–water partition coefficient (Wildman–Crippen LogP) is 3.06. The topological polar surface area (TPSA) is 12.0 Å². The van der Waals surface area contributed by atoms with E-state index in [9.17, 15) is 0 Å². The van der Waals surface area contributed by atoms with Gasteiger partial charge < -0.3 is 5.32 Å². The van der Waals surface area contributed by atoms with Crippen LogP contribution in [0.2, 0.25) is 0 Å². The molecule has 0 bridgehead atoms. The van der Waals surface area contributed by atoms with E-state index in [0.29, 0.717) is 10.8 Å². The maximum absolute atomic E-state index is 3.42. The zero-order chi connectivity index (χ0) is 10.1. The van der Waals surface area contributed by atoms with Gasteiger partial charge in [-0.1, -0.05) is 34.6 Å². The normalized spacial score (nSPS) is 21.7. The van der Waals surface area contributed by atoms with Crippen molar-refractivity contribution in [1.29, 1.82) is 0 Å². The average molecular weight is 183 g/mol. The lowest BCUT2D eigenvalue weighted by Gasteiger charge is -2.47. The van der Waals surface area contributed by atoms with E-state index in [1.165, 1.54) is 25.9 Å². The lowest BCUT2D eigenvalue weighted by molar-refractivity contribution is 0.0713. The Balaban J connectivity index is 2.41. The molecule has 78 valence electrons. The van der Waals surface area contributed by atoms with Crippen LogP contribution in [0.5, 0.6) is 0 Å². The van der Waals surface area contributed by atoms with Crippen molar-refractivity contribution in [1.82, 2.24) is 5.32 Å². The lowest BCUT2D eigenvalue weighted by Crippen LogP contribution is -2.56. The minimum absolute atomic E-state index is 0.497. The van der Waals surface area contributed by atoms with E-state index in [0.717, 1.165) is 5.92 Å². The van der Waals surface area contributed by atoms with E-state index in [1.807, 2.05) is 0 Å².